The van der Waals surface area contributed by atoms with Gasteiger partial charge in [-0.3, -0.25) is 15.0 Å². The van der Waals surface area contributed by atoms with Crippen LogP contribution in [0, 0.1) is 5.41 Å². The highest BCUT2D eigenvalue weighted by Gasteiger charge is 2.14. The molecule has 0 unspecified atom stereocenters. The number of rotatable bonds is 5. The molecule has 152 valence electrons. The summed E-state index contributed by atoms with van der Waals surface area (Å²) in [6, 6.07) is 26.5. The molecule has 0 atom stereocenters. The highest BCUT2D eigenvalue weighted by Crippen LogP contribution is 2.22. The van der Waals surface area contributed by atoms with Crippen LogP contribution in [0.4, 0.5) is 5.69 Å². The zero-order chi connectivity index (χ0) is 21.9. The molecule has 3 rings (SSSR count). The van der Waals surface area contributed by atoms with Gasteiger partial charge in [-0.15, -0.1) is 0 Å². The molecule has 3 aromatic carbocycles. The minimum Gasteiger partial charge on any atom is -0.366 e. The van der Waals surface area contributed by atoms with Crippen molar-refractivity contribution < 1.29 is 9.59 Å². The van der Waals surface area contributed by atoms with E-state index in [1.807, 2.05) is 84.9 Å². The summed E-state index contributed by atoms with van der Waals surface area (Å²) >= 11 is 0. The number of hydrogen-bond acceptors (Lipinski definition) is 3. The van der Waals surface area contributed by atoms with E-state index in [1.54, 1.807) is 18.0 Å². The summed E-state index contributed by atoms with van der Waals surface area (Å²) < 4.78 is 0. The summed E-state index contributed by atoms with van der Waals surface area (Å²) in [6.45, 7) is 1.52. The Kier molecular flexibility index (Phi) is 8.27. The Bertz CT molecular complexity index is 1030. The molecule has 0 aliphatic rings. The van der Waals surface area contributed by atoms with Gasteiger partial charge in [0.25, 0.3) is 0 Å². The number of para-hydroxylation sites is 1. The summed E-state index contributed by atoms with van der Waals surface area (Å²) in [5.74, 6) is -0.470. The predicted octanol–water partition coefficient (Wildman–Crippen LogP) is 4.27. The minimum atomic E-state index is -0.422. The van der Waals surface area contributed by atoms with Gasteiger partial charge in [-0.1, -0.05) is 78.9 Å². The topological polar surface area (TPSA) is 87.2 Å². The average Bonchev–Trinajstić information content (AvgIpc) is 2.78. The number of nitrogens with two attached hydrogens (primary N) is 1. The molecule has 0 aliphatic heterocycles. The fraction of sp³-hybridized carbons (Fsp3) is 0.0800. The van der Waals surface area contributed by atoms with E-state index in [0.29, 0.717) is 5.71 Å². The summed E-state index contributed by atoms with van der Waals surface area (Å²) in [7, 11) is 1.72. The molecule has 5 nitrogen and oxygen atoms in total. The molecule has 0 saturated heterocycles. The molecule has 0 bridgehead atoms. The molecule has 0 saturated carbocycles. The van der Waals surface area contributed by atoms with Crippen molar-refractivity contribution in [3.05, 3.63) is 108 Å². The second kappa shape index (κ2) is 11.1. The summed E-state index contributed by atoms with van der Waals surface area (Å²) in [6.07, 6.45) is 3.03. The number of carbonyl (C=O) groups excluding carboxylic acids is 2. The number of amides is 2. The number of carbonyl (C=O) groups is 2. The normalized spacial score (nSPS) is 10.1. The zero-order valence-electron chi connectivity index (χ0n) is 17.1. The number of benzene rings is 3. The van der Waals surface area contributed by atoms with Crippen LogP contribution in [0.15, 0.2) is 91.0 Å². The molecule has 0 aromatic heterocycles. The van der Waals surface area contributed by atoms with Crippen molar-refractivity contribution >= 4 is 29.3 Å². The first-order chi connectivity index (χ1) is 14.4. The van der Waals surface area contributed by atoms with Crippen molar-refractivity contribution in [1.29, 1.82) is 5.41 Å². The molecule has 5 heteroatoms. The van der Waals surface area contributed by atoms with E-state index >= 15 is 0 Å². The Morgan fingerprint density at radius 1 is 0.867 bits per heavy atom. The van der Waals surface area contributed by atoms with Crippen LogP contribution in [0.3, 0.4) is 0 Å². The van der Waals surface area contributed by atoms with Gasteiger partial charge in [-0.05, 0) is 17.7 Å². The Morgan fingerprint density at radius 3 is 1.97 bits per heavy atom. The van der Waals surface area contributed by atoms with E-state index in [9.17, 15) is 9.59 Å². The second-order valence-electron chi connectivity index (χ2n) is 6.48. The van der Waals surface area contributed by atoms with Crippen molar-refractivity contribution in [1.82, 2.24) is 0 Å². The Morgan fingerprint density at radius 2 is 1.40 bits per heavy atom. The van der Waals surface area contributed by atoms with Crippen LogP contribution in [0.2, 0.25) is 0 Å². The molecule has 0 aliphatic carbocycles. The standard InChI is InChI=1S/C16H16N2O.C9H9NO/c1-12(19)18(2)15-11-7-6-10-14(15)16(17)13-8-4-3-5-9-13;10-9(11)7-6-8-4-2-1-3-5-8/h3-11,17H,1-2H3;1-7H,(H2,10,11)/b;7-6+. The second-order valence-corrected chi connectivity index (χ2v) is 6.48. The minimum absolute atomic E-state index is 0.0479. The average molecular weight is 399 g/mol. The van der Waals surface area contributed by atoms with Gasteiger partial charge in [0.05, 0.1) is 11.4 Å². The van der Waals surface area contributed by atoms with Gasteiger partial charge in [0.2, 0.25) is 11.8 Å². The third-order valence-electron chi connectivity index (χ3n) is 4.31. The van der Waals surface area contributed by atoms with E-state index < -0.39 is 5.91 Å². The number of hydrogen-bond donors (Lipinski definition) is 2. The Balaban J connectivity index is 0.000000248. The van der Waals surface area contributed by atoms with Gasteiger partial charge in [-0.2, -0.15) is 0 Å². The van der Waals surface area contributed by atoms with Crippen LogP contribution >= 0.6 is 0 Å². The van der Waals surface area contributed by atoms with Crippen LogP contribution in [0.5, 0.6) is 0 Å². The molecule has 0 fully saturated rings. The molecular weight excluding hydrogens is 374 g/mol. The van der Waals surface area contributed by atoms with Crippen LogP contribution in [0.25, 0.3) is 6.08 Å². The molecule has 0 radical (unpaired) electrons. The highest BCUT2D eigenvalue weighted by atomic mass is 16.2. The number of nitrogens with one attached hydrogen (secondary N) is 1. The lowest BCUT2D eigenvalue weighted by molar-refractivity contribution is -0.116. The molecule has 3 N–H and O–H groups in total. The zero-order valence-corrected chi connectivity index (χ0v) is 17.1. The maximum absolute atomic E-state index is 11.5. The van der Waals surface area contributed by atoms with E-state index in [1.165, 1.54) is 13.0 Å². The SMILES string of the molecule is CC(=O)N(C)c1ccccc1C(=N)c1ccccc1.NC(=O)/C=C/c1ccccc1. The van der Waals surface area contributed by atoms with Crippen LogP contribution in [0.1, 0.15) is 23.6 Å². The van der Waals surface area contributed by atoms with Gasteiger partial charge in [0.1, 0.15) is 0 Å². The first-order valence-corrected chi connectivity index (χ1v) is 9.40. The maximum atomic E-state index is 11.5. The van der Waals surface area contributed by atoms with E-state index in [4.69, 9.17) is 11.1 Å². The summed E-state index contributed by atoms with van der Waals surface area (Å²) in [5, 5.41) is 8.31. The lowest BCUT2D eigenvalue weighted by Gasteiger charge is -2.19. The number of anilines is 1. The highest BCUT2D eigenvalue weighted by molar-refractivity contribution is 6.15. The molecule has 0 spiro atoms. The van der Waals surface area contributed by atoms with Crippen LogP contribution in [-0.4, -0.2) is 24.6 Å². The monoisotopic (exact) mass is 399 g/mol. The third-order valence-corrected chi connectivity index (χ3v) is 4.31. The smallest absolute Gasteiger partial charge is 0.241 e. The molecule has 3 aromatic rings. The van der Waals surface area contributed by atoms with Gasteiger partial charge in [0, 0.05) is 31.2 Å². The van der Waals surface area contributed by atoms with Gasteiger partial charge < -0.3 is 10.6 Å². The Hall–Kier alpha value is -3.99. The van der Waals surface area contributed by atoms with Crippen LogP contribution in [-0.2, 0) is 9.59 Å². The fourth-order valence-electron chi connectivity index (χ4n) is 2.65. The number of primary amides is 1. The lowest BCUT2D eigenvalue weighted by atomic mass is 10.0. The van der Waals surface area contributed by atoms with Crippen molar-refractivity contribution in [3.8, 4) is 0 Å². The van der Waals surface area contributed by atoms with Crippen molar-refractivity contribution in [3.63, 3.8) is 0 Å². The first kappa shape index (κ1) is 22.3. The lowest BCUT2D eigenvalue weighted by Crippen LogP contribution is -2.25. The predicted molar refractivity (Wildman–Crippen MR) is 123 cm³/mol. The summed E-state index contributed by atoms with van der Waals surface area (Å²) in [4.78, 5) is 23.4. The summed E-state index contributed by atoms with van der Waals surface area (Å²) in [5.41, 5.74) is 8.66. The molecular formula is C25H25N3O2. The number of nitrogens with zero attached hydrogens (tertiary/aromatic N) is 1. The maximum Gasteiger partial charge on any atom is 0.241 e. The fourth-order valence-corrected chi connectivity index (χ4v) is 2.65. The first-order valence-electron chi connectivity index (χ1n) is 9.40. The van der Waals surface area contributed by atoms with Crippen molar-refractivity contribution in [2.45, 2.75) is 6.92 Å². The van der Waals surface area contributed by atoms with Crippen LogP contribution < -0.4 is 10.6 Å². The van der Waals surface area contributed by atoms with Crippen molar-refractivity contribution in [2.24, 2.45) is 5.73 Å². The van der Waals surface area contributed by atoms with Gasteiger partial charge >= 0.3 is 0 Å². The third kappa shape index (κ3) is 6.56. The largest absolute Gasteiger partial charge is 0.366 e. The molecule has 30 heavy (non-hydrogen) atoms. The van der Waals surface area contributed by atoms with Gasteiger partial charge in [-0.25, -0.2) is 0 Å². The molecule has 0 heterocycles. The van der Waals surface area contributed by atoms with E-state index in [-0.39, 0.29) is 5.91 Å². The van der Waals surface area contributed by atoms with E-state index in [2.05, 4.69) is 0 Å². The van der Waals surface area contributed by atoms with Crippen molar-refractivity contribution in [2.75, 3.05) is 11.9 Å². The Labute approximate surface area is 177 Å². The van der Waals surface area contributed by atoms with E-state index in [0.717, 1.165) is 22.4 Å². The molecule has 2 amide bonds. The quantitative estimate of drug-likeness (QED) is 0.496. The van der Waals surface area contributed by atoms with Gasteiger partial charge in [0.15, 0.2) is 0 Å².